The summed E-state index contributed by atoms with van der Waals surface area (Å²) in [6, 6.07) is 7.97. The number of rotatable bonds is 7. The molecule has 1 aliphatic rings. The predicted molar refractivity (Wildman–Crippen MR) is 92.6 cm³/mol. The van der Waals surface area contributed by atoms with Crippen LogP contribution >= 0.6 is 11.6 Å². The highest BCUT2D eigenvalue weighted by Crippen LogP contribution is 2.29. The molecular formula is C18H23ClFNO4. The van der Waals surface area contributed by atoms with E-state index in [-0.39, 0.29) is 12.3 Å². The number of hydrogen-bond acceptors (Lipinski definition) is 3. The first-order valence-corrected chi connectivity index (χ1v) is 8.83. The van der Waals surface area contributed by atoms with Crippen molar-refractivity contribution in [3.05, 3.63) is 35.9 Å². The molecule has 138 valence electrons. The minimum absolute atomic E-state index is 0.0951. The molecule has 1 aromatic carbocycles. The van der Waals surface area contributed by atoms with E-state index in [9.17, 15) is 19.1 Å². The summed E-state index contributed by atoms with van der Waals surface area (Å²) in [4.78, 5) is 24.7. The van der Waals surface area contributed by atoms with Crippen molar-refractivity contribution in [1.82, 2.24) is 4.90 Å². The van der Waals surface area contributed by atoms with Crippen molar-refractivity contribution in [2.45, 2.75) is 50.3 Å². The van der Waals surface area contributed by atoms with Crippen LogP contribution in [-0.4, -0.2) is 52.3 Å². The van der Waals surface area contributed by atoms with E-state index in [4.69, 9.17) is 16.3 Å². The van der Waals surface area contributed by atoms with Crippen molar-refractivity contribution in [2.24, 2.45) is 0 Å². The van der Waals surface area contributed by atoms with Gasteiger partial charge in [-0.05, 0) is 38.2 Å². The van der Waals surface area contributed by atoms with Gasteiger partial charge in [0.15, 0.2) is 0 Å². The average molecular weight is 372 g/mol. The molecule has 0 radical (unpaired) electrons. The third-order valence-electron chi connectivity index (χ3n) is 4.59. The van der Waals surface area contributed by atoms with Gasteiger partial charge in [-0.3, -0.25) is 4.90 Å². The number of likely N-dealkylation sites (tertiary alicyclic amines) is 1. The molecule has 0 aromatic heterocycles. The number of carbonyl (C=O) groups is 2. The van der Waals surface area contributed by atoms with Crippen LogP contribution in [0.1, 0.15) is 31.7 Å². The predicted octanol–water partition coefficient (Wildman–Crippen LogP) is 3.64. The molecule has 2 rings (SSSR count). The lowest BCUT2D eigenvalue weighted by Crippen LogP contribution is -2.48. The van der Waals surface area contributed by atoms with Crippen molar-refractivity contribution >= 4 is 23.7 Å². The van der Waals surface area contributed by atoms with Crippen LogP contribution in [0.2, 0.25) is 0 Å². The third kappa shape index (κ3) is 4.84. The number of hydrogen-bond donors (Lipinski definition) is 1. The highest BCUT2D eigenvalue weighted by atomic mass is 35.5. The van der Waals surface area contributed by atoms with Gasteiger partial charge >= 0.3 is 12.1 Å². The van der Waals surface area contributed by atoms with Crippen LogP contribution in [0.15, 0.2) is 30.3 Å². The molecule has 1 amide bonds. The number of benzene rings is 1. The summed E-state index contributed by atoms with van der Waals surface area (Å²) in [5, 5.41) is 9.27. The number of nitrogens with zero attached hydrogens (tertiary/aromatic N) is 1. The molecule has 3 atom stereocenters. The fraction of sp³-hybridized carbons (Fsp3) is 0.556. The van der Waals surface area contributed by atoms with Gasteiger partial charge in [0.1, 0.15) is 18.3 Å². The summed E-state index contributed by atoms with van der Waals surface area (Å²) in [5.74, 6) is -0.563. The van der Waals surface area contributed by atoms with Gasteiger partial charge in [-0.25, -0.2) is 14.0 Å². The minimum atomic E-state index is -1.31. The summed E-state index contributed by atoms with van der Waals surface area (Å²) < 4.78 is 18.5. The Morgan fingerprint density at radius 2 is 2.04 bits per heavy atom. The zero-order valence-corrected chi connectivity index (χ0v) is 14.9. The summed E-state index contributed by atoms with van der Waals surface area (Å²) >= 11 is 6.01. The number of amides is 1. The molecule has 0 bridgehead atoms. The smallest absolute Gasteiger partial charge is 0.408 e. The Hall–Kier alpha value is -1.82. The van der Waals surface area contributed by atoms with Gasteiger partial charge in [0.05, 0.1) is 11.9 Å². The summed E-state index contributed by atoms with van der Waals surface area (Å²) in [6.07, 6.45) is 0.455. The van der Waals surface area contributed by atoms with Crippen molar-refractivity contribution in [3.63, 3.8) is 0 Å². The molecule has 5 nitrogen and oxygen atoms in total. The van der Waals surface area contributed by atoms with E-state index in [2.05, 4.69) is 0 Å². The zero-order chi connectivity index (χ0) is 18.4. The first kappa shape index (κ1) is 19.5. The van der Waals surface area contributed by atoms with E-state index < -0.39 is 36.4 Å². The Morgan fingerprint density at radius 1 is 1.36 bits per heavy atom. The van der Waals surface area contributed by atoms with E-state index in [1.807, 2.05) is 30.3 Å². The summed E-state index contributed by atoms with van der Waals surface area (Å²) in [5.41, 5.74) is 0.187. The molecule has 0 spiro atoms. The molecule has 1 saturated heterocycles. The van der Waals surface area contributed by atoms with Crippen LogP contribution < -0.4 is 0 Å². The molecule has 1 aromatic rings. The van der Waals surface area contributed by atoms with Crippen LogP contribution in [0.5, 0.6) is 0 Å². The van der Waals surface area contributed by atoms with Gasteiger partial charge < -0.3 is 9.84 Å². The zero-order valence-electron chi connectivity index (χ0n) is 14.2. The van der Waals surface area contributed by atoms with Crippen LogP contribution in [-0.2, 0) is 16.0 Å². The number of carbonyl (C=O) groups excluding carboxylic acids is 1. The van der Waals surface area contributed by atoms with Gasteiger partial charge in [-0.15, -0.1) is 11.6 Å². The maximum atomic E-state index is 13.0. The molecule has 7 heteroatoms. The van der Waals surface area contributed by atoms with Gasteiger partial charge in [0.2, 0.25) is 0 Å². The first-order chi connectivity index (χ1) is 11.9. The molecular weight excluding hydrogens is 349 g/mol. The molecule has 25 heavy (non-hydrogen) atoms. The molecule has 1 heterocycles. The van der Waals surface area contributed by atoms with Gasteiger partial charge in [0.25, 0.3) is 0 Å². The normalized spacial score (nSPS) is 22.4. The Morgan fingerprint density at radius 3 is 2.60 bits per heavy atom. The van der Waals surface area contributed by atoms with E-state index in [1.54, 1.807) is 6.92 Å². The van der Waals surface area contributed by atoms with Crippen molar-refractivity contribution in [2.75, 3.05) is 12.6 Å². The van der Waals surface area contributed by atoms with Crippen molar-refractivity contribution < 1.29 is 23.8 Å². The summed E-state index contributed by atoms with van der Waals surface area (Å²) in [7, 11) is 0. The largest absolute Gasteiger partial charge is 0.465 e. The lowest BCUT2D eigenvalue weighted by atomic mass is 9.98. The van der Waals surface area contributed by atoms with E-state index in [1.165, 1.54) is 0 Å². The molecule has 3 unspecified atom stereocenters. The second-order valence-electron chi connectivity index (χ2n) is 6.58. The second-order valence-corrected chi connectivity index (χ2v) is 6.85. The van der Waals surface area contributed by atoms with Gasteiger partial charge in [0, 0.05) is 0 Å². The van der Waals surface area contributed by atoms with Crippen LogP contribution in [0, 0.1) is 0 Å². The molecule has 0 saturated carbocycles. The molecule has 1 aliphatic heterocycles. The monoisotopic (exact) mass is 371 g/mol. The molecule has 1 N–H and O–H groups in total. The summed E-state index contributed by atoms with van der Waals surface area (Å²) in [6.45, 7) is 0.921. The highest BCUT2D eigenvalue weighted by Gasteiger charge is 2.43. The Balaban J connectivity index is 2.01. The minimum Gasteiger partial charge on any atom is -0.465 e. The number of ether oxygens (including phenoxy) is 1. The number of halogens is 2. The lowest BCUT2D eigenvalue weighted by molar-refractivity contribution is -0.162. The Kier molecular flexibility index (Phi) is 6.64. The van der Waals surface area contributed by atoms with E-state index in [0.29, 0.717) is 19.3 Å². The maximum absolute atomic E-state index is 13.0. The quantitative estimate of drug-likeness (QED) is 0.587. The van der Waals surface area contributed by atoms with Crippen LogP contribution in [0.4, 0.5) is 9.18 Å². The first-order valence-electron chi connectivity index (χ1n) is 8.30. The standard InChI is InChI=1S/C18H23ClFNO4/c1-18(12-19,10-9-13-5-3-2-4-6-13)25-16(22)15-8-7-14(11-20)21(15)17(23)24/h2-6,14-15H,7-12H2,1H3,(H,23,24). The Bertz CT molecular complexity index is 600. The average Bonchev–Trinajstić information content (AvgIpc) is 3.05. The number of carboxylic acid groups (broad SMARTS) is 1. The fourth-order valence-corrected chi connectivity index (χ4v) is 3.25. The van der Waals surface area contributed by atoms with Crippen LogP contribution in [0.25, 0.3) is 0 Å². The maximum Gasteiger partial charge on any atom is 0.408 e. The SMILES string of the molecule is CC(CCl)(CCc1ccccc1)OC(=O)C1CCC(CF)N1C(=O)O. The van der Waals surface area contributed by atoms with E-state index >= 15 is 0 Å². The van der Waals surface area contributed by atoms with Crippen molar-refractivity contribution in [3.8, 4) is 0 Å². The van der Waals surface area contributed by atoms with Crippen molar-refractivity contribution in [1.29, 1.82) is 0 Å². The number of esters is 1. The van der Waals surface area contributed by atoms with Gasteiger partial charge in [-0.2, -0.15) is 0 Å². The third-order valence-corrected chi connectivity index (χ3v) is 5.15. The topological polar surface area (TPSA) is 66.8 Å². The Labute approximate surface area is 151 Å². The lowest BCUT2D eigenvalue weighted by Gasteiger charge is -2.31. The van der Waals surface area contributed by atoms with Crippen LogP contribution in [0.3, 0.4) is 0 Å². The number of aryl methyl sites for hydroxylation is 1. The van der Waals surface area contributed by atoms with Gasteiger partial charge in [-0.1, -0.05) is 30.3 Å². The number of alkyl halides is 2. The molecule has 1 fully saturated rings. The van der Waals surface area contributed by atoms with E-state index in [0.717, 1.165) is 10.5 Å². The molecule has 0 aliphatic carbocycles. The second kappa shape index (κ2) is 8.52. The highest BCUT2D eigenvalue weighted by molar-refractivity contribution is 6.18. The fourth-order valence-electron chi connectivity index (χ4n) is 3.06.